The lowest BCUT2D eigenvalue weighted by molar-refractivity contribution is 0.115. The van der Waals surface area contributed by atoms with Crippen LogP contribution < -0.4 is 10.2 Å². The molecule has 2 aliphatic rings. The molecule has 0 atom stereocenters. The van der Waals surface area contributed by atoms with Crippen molar-refractivity contribution in [2.75, 3.05) is 51.8 Å². The van der Waals surface area contributed by atoms with Crippen LogP contribution in [0.5, 0.6) is 0 Å². The van der Waals surface area contributed by atoms with Crippen molar-refractivity contribution in [3.63, 3.8) is 0 Å². The number of aliphatic imine (C=N–C) groups is 1. The van der Waals surface area contributed by atoms with Crippen LogP contribution >= 0.6 is 0 Å². The highest BCUT2D eigenvalue weighted by Crippen LogP contribution is 2.28. The smallest absolute Gasteiger partial charge is 0.193 e. The summed E-state index contributed by atoms with van der Waals surface area (Å²) in [6, 6.07) is 4.31. The van der Waals surface area contributed by atoms with Crippen LogP contribution in [0.2, 0.25) is 0 Å². The van der Waals surface area contributed by atoms with Gasteiger partial charge in [0, 0.05) is 53.1 Å². The number of rotatable bonds is 8. The van der Waals surface area contributed by atoms with Gasteiger partial charge in [-0.05, 0) is 49.1 Å². The number of hydrogen-bond donors (Lipinski definition) is 1. The zero-order chi connectivity index (χ0) is 19.1. The van der Waals surface area contributed by atoms with Gasteiger partial charge in [-0.15, -0.1) is 0 Å². The fourth-order valence-corrected chi connectivity index (χ4v) is 3.35. The number of nitrogens with one attached hydrogen (secondary N) is 1. The third-order valence-electron chi connectivity index (χ3n) is 5.56. The van der Waals surface area contributed by atoms with Crippen molar-refractivity contribution in [1.82, 2.24) is 15.2 Å². The summed E-state index contributed by atoms with van der Waals surface area (Å²) in [5.41, 5.74) is 1.17. The average Bonchev–Trinajstić information content (AvgIpc) is 3.51. The maximum Gasteiger partial charge on any atom is 0.193 e. The molecule has 0 unspecified atom stereocenters. The molecule has 2 fully saturated rings. The molecule has 150 valence electrons. The molecule has 0 spiro atoms. The van der Waals surface area contributed by atoms with Gasteiger partial charge in [0.25, 0.3) is 0 Å². The van der Waals surface area contributed by atoms with E-state index in [1.165, 1.54) is 31.2 Å². The number of aromatic nitrogens is 1. The third kappa shape index (κ3) is 6.38. The predicted octanol–water partition coefficient (Wildman–Crippen LogP) is 2.75. The largest absolute Gasteiger partial charge is 0.379 e. The molecule has 1 saturated carbocycles. The molecule has 6 nitrogen and oxygen atoms in total. The monoisotopic (exact) mass is 373 g/mol. The van der Waals surface area contributed by atoms with Crippen LogP contribution in [0.25, 0.3) is 0 Å². The molecule has 0 radical (unpaired) electrons. The topological polar surface area (TPSA) is 53.0 Å². The standard InChI is InChI=1S/C21H35N5O/c1-17-8-10-26(11-9-17)20-7-6-19(14-23-20)15-24-21(22-2)25(3)12-13-27-16-18-4-5-18/h6-7,14,17-18H,4-5,8-13,15-16H2,1-3H3,(H,22,24). The lowest BCUT2D eigenvalue weighted by Gasteiger charge is -2.31. The SMILES string of the molecule is CN=C(NCc1ccc(N2CCC(C)CC2)nc1)N(C)CCOCC1CC1. The van der Waals surface area contributed by atoms with E-state index in [1.807, 2.05) is 13.2 Å². The Balaban J connectivity index is 1.40. The minimum Gasteiger partial charge on any atom is -0.379 e. The van der Waals surface area contributed by atoms with Crippen LogP contribution in [0.3, 0.4) is 0 Å². The molecule has 27 heavy (non-hydrogen) atoms. The first-order valence-electron chi connectivity index (χ1n) is 10.3. The van der Waals surface area contributed by atoms with E-state index in [-0.39, 0.29) is 0 Å². The van der Waals surface area contributed by atoms with E-state index in [2.05, 4.69) is 51.2 Å². The first-order chi connectivity index (χ1) is 13.2. The number of pyridine rings is 1. The van der Waals surface area contributed by atoms with Crippen LogP contribution in [0.4, 0.5) is 5.82 Å². The van der Waals surface area contributed by atoms with Crippen LogP contribution in [-0.4, -0.2) is 62.8 Å². The highest BCUT2D eigenvalue weighted by Gasteiger charge is 2.21. The van der Waals surface area contributed by atoms with Crippen molar-refractivity contribution in [2.45, 2.75) is 39.2 Å². The Kier molecular flexibility index (Phi) is 7.33. The van der Waals surface area contributed by atoms with Crippen LogP contribution in [-0.2, 0) is 11.3 Å². The normalized spacial score (nSPS) is 18.6. The Morgan fingerprint density at radius 2 is 2.07 bits per heavy atom. The van der Waals surface area contributed by atoms with E-state index in [1.54, 1.807) is 0 Å². The second-order valence-corrected chi connectivity index (χ2v) is 8.03. The Hall–Kier alpha value is -1.82. The zero-order valence-corrected chi connectivity index (χ0v) is 17.2. The Bertz CT molecular complexity index is 591. The summed E-state index contributed by atoms with van der Waals surface area (Å²) in [6.07, 6.45) is 7.17. The van der Waals surface area contributed by atoms with E-state index in [9.17, 15) is 0 Å². The van der Waals surface area contributed by atoms with Gasteiger partial charge >= 0.3 is 0 Å². The summed E-state index contributed by atoms with van der Waals surface area (Å²) in [4.78, 5) is 13.6. The molecule has 1 aromatic heterocycles. The molecular formula is C21H35N5O. The Morgan fingerprint density at radius 1 is 1.30 bits per heavy atom. The maximum absolute atomic E-state index is 5.72. The molecule has 1 N–H and O–H groups in total. The average molecular weight is 374 g/mol. The summed E-state index contributed by atoms with van der Waals surface area (Å²) in [5, 5.41) is 3.42. The summed E-state index contributed by atoms with van der Waals surface area (Å²) in [7, 11) is 3.87. The van der Waals surface area contributed by atoms with Crippen LogP contribution in [0.15, 0.2) is 23.3 Å². The first-order valence-corrected chi connectivity index (χ1v) is 10.3. The molecule has 3 rings (SSSR count). The van der Waals surface area contributed by atoms with Gasteiger partial charge in [-0.1, -0.05) is 13.0 Å². The Labute approximate surface area is 164 Å². The van der Waals surface area contributed by atoms with Gasteiger partial charge < -0.3 is 19.9 Å². The van der Waals surface area contributed by atoms with Crippen molar-refractivity contribution in [3.8, 4) is 0 Å². The van der Waals surface area contributed by atoms with Gasteiger partial charge in [0.1, 0.15) is 5.82 Å². The lowest BCUT2D eigenvalue weighted by Crippen LogP contribution is -2.40. The highest BCUT2D eigenvalue weighted by molar-refractivity contribution is 5.79. The summed E-state index contributed by atoms with van der Waals surface area (Å²) >= 11 is 0. The maximum atomic E-state index is 5.72. The molecule has 1 aliphatic carbocycles. The fraction of sp³-hybridized carbons (Fsp3) is 0.714. The molecule has 1 aromatic rings. The number of likely N-dealkylation sites (N-methyl/N-ethyl adjacent to an activating group) is 1. The predicted molar refractivity (Wildman–Crippen MR) is 111 cm³/mol. The first kappa shape index (κ1) is 19.9. The van der Waals surface area contributed by atoms with Gasteiger partial charge in [-0.2, -0.15) is 0 Å². The number of hydrogen-bond acceptors (Lipinski definition) is 4. The van der Waals surface area contributed by atoms with Crippen molar-refractivity contribution >= 4 is 11.8 Å². The van der Waals surface area contributed by atoms with Gasteiger partial charge in [0.05, 0.1) is 6.61 Å². The molecule has 0 amide bonds. The zero-order valence-electron chi connectivity index (χ0n) is 17.2. The number of ether oxygens (including phenoxy) is 1. The van der Waals surface area contributed by atoms with Crippen LogP contribution in [0, 0.1) is 11.8 Å². The molecule has 1 saturated heterocycles. The number of piperidine rings is 1. The second-order valence-electron chi connectivity index (χ2n) is 8.03. The molecule has 0 aromatic carbocycles. The third-order valence-corrected chi connectivity index (χ3v) is 5.56. The van der Waals surface area contributed by atoms with Gasteiger partial charge in [-0.25, -0.2) is 4.98 Å². The number of guanidine groups is 1. The lowest BCUT2D eigenvalue weighted by atomic mass is 9.99. The summed E-state index contributed by atoms with van der Waals surface area (Å²) < 4.78 is 5.72. The van der Waals surface area contributed by atoms with E-state index in [0.29, 0.717) is 0 Å². The van der Waals surface area contributed by atoms with Crippen molar-refractivity contribution in [3.05, 3.63) is 23.9 Å². The second kappa shape index (κ2) is 9.93. The van der Waals surface area contributed by atoms with Crippen molar-refractivity contribution in [1.29, 1.82) is 0 Å². The van der Waals surface area contributed by atoms with E-state index >= 15 is 0 Å². The minimum absolute atomic E-state index is 0.726. The minimum atomic E-state index is 0.726. The molecule has 1 aliphatic heterocycles. The Morgan fingerprint density at radius 3 is 2.70 bits per heavy atom. The number of nitrogens with zero attached hydrogens (tertiary/aromatic N) is 4. The molecule has 6 heteroatoms. The molecular weight excluding hydrogens is 338 g/mol. The van der Waals surface area contributed by atoms with E-state index < -0.39 is 0 Å². The highest BCUT2D eigenvalue weighted by atomic mass is 16.5. The number of anilines is 1. The van der Waals surface area contributed by atoms with E-state index in [4.69, 9.17) is 4.74 Å². The summed E-state index contributed by atoms with van der Waals surface area (Å²) in [5.74, 6) is 3.64. The molecule has 2 heterocycles. The van der Waals surface area contributed by atoms with Crippen LogP contribution in [0.1, 0.15) is 38.2 Å². The van der Waals surface area contributed by atoms with Gasteiger partial charge in [-0.3, -0.25) is 4.99 Å². The molecule has 0 bridgehead atoms. The quantitative estimate of drug-likeness (QED) is 0.431. The van der Waals surface area contributed by atoms with E-state index in [0.717, 1.165) is 63.0 Å². The summed E-state index contributed by atoms with van der Waals surface area (Å²) in [6.45, 7) is 7.80. The fourth-order valence-electron chi connectivity index (χ4n) is 3.35. The van der Waals surface area contributed by atoms with Gasteiger partial charge in [0.15, 0.2) is 5.96 Å². The van der Waals surface area contributed by atoms with Gasteiger partial charge in [0.2, 0.25) is 0 Å². The van der Waals surface area contributed by atoms with Crippen molar-refractivity contribution in [2.24, 2.45) is 16.8 Å². The van der Waals surface area contributed by atoms with Crippen molar-refractivity contribution < 1.29 is 4.74 Å².